The van der Waals surface area contributed by atoms with E-state index in [4.69, 9.17) is 4.55 Å². The van der Waals surface area contributed by atoms with Crippen LogP contribution in [0.5, 0.6) is 0 Å². The Bertz CT molecular complexity index is 395. The highest BCUT2D eigenvalue weighted by atomic mass is 32.2. The molecule has 0 radical (unpaired) electrons. The van der Waals surface area contributed by atoms with Crippen LogP contribution in [-0.2, 0) is 10.1 Å². The fourth-order valence-electron chi connectivity index (χ4n) is 0.874. The molecule has 1 aromatic carbocycles. The van der Waals surface area contributed by atoms with Crippen LogP contribution >= 0.6 is 0 Å². The first-order valence-electron chi connectivity index (χ1n) is 3.46. The Morgan fingerprint density at radius 3 is 2.08 bits per heavy atom. The Labute approximate surface area is 77.3 Å². The molecule has 0 bridgehead atoms. The second-order valence-corrected chi connectivity index (χ2v) is 4.14. The Morgan fingerprint density at radius 1 is 1.15 bits per heavy atom. The molecule has 1 aromatic rings. The molecule has 0 unspecified atom stereocenters. The standard InChI is InChI=1S/C8H10O3S.H2O/c1-6-3-4-8(5-7(6)2)12(9,10)11;/h3-5H,1-2H3,(H,9,10,11);1H2. The van der Waals surface area contributed by atoms with Crippen LogP contribution in [0.25, 0.3) is 0 Å². The molecular weight excluding hydrogens is 192 g/mol. The summed E-state index contributed by atoms with van der Waals surface area (Å²) in [6.45, 7) is 3.67. The third-order valence-corrected chi connectivity index (χ3v) is 2.63. The van der Waals surface area contributed by atoms with E-state index in [1.54, 1.807) is 13.0 Å². The van der Waals surface area contributed by atoms with Gasteiger partial charge in [-0.2, -0.15) is 8.42 Å². The first-order valence-corrected chi connectivity index (χ1v) is 4.90. The molecule has 13 heavy (non-hydrogen) atoms. The summed E-state index contributed by atoms with van der Waals surface area (Å²) in [4.78, 5) is -0.0504. The average molecular weight is 204 g/mol. The highest BCUT2D eigenvalue weighted by Gasteiger charge is 2.08. The van der Waals surface area contributed by atoms with Crippen LogP contribution in [0, 0.1) is 13.8 Å². The molecule has 0 heterocycles. The van der Waals surface area contributed by atoms with Gasteiger partial charge in [0.15, 0.2) is 0 Å². The molecule has 0 fully saturated rings. The van der Waals surface area contributed by atoms with Gasteiger partial charge < -0.3 is 5.48 Å². The van der Waals surface area contributed by atoms with E-state index >= 15 is 0 Å². The first-order chi connectivity index (χ1) is 5.41. The zero-order chi connectivity index (χ0) is 9.35. The molecule has 5 heteroatoms. The highest BCUT2D eigenvalue weighted by Crippen LogP contribution is 2.13. The normalized spacial score (nSPS) is 10.7. The van der Waals surface area contributed by atoms with Crippen molar-refractivity contribution in [2.75, 3.05) is 0 Å². The molecule has 0 aliphatic heterocycles. The van der Waals surface area contributed by atoms with Gasteiger partial charge in [-0.3, -0.25) is 4.55 Å². The highest BCUT2D eigenvalue weighted by molar-refractivity contribution is 7.85. The SMILES string of the molecule is Cc1ccc(S(=O)(=O)O)cc1C.O. The van der Waals surface area contributed by atoms with E-state index < -0.39 is 10.1 Å². The minimum absolute atomic E-state index is 0. The lowest BCUT2D eigenvalue weighted by Gasteiger charge is -2.01. The van der Waals surface area contributed by atoms with Gasteiger partial charge in [-0.25, -0.2) is 0 Å². The van der Waals surface area contributed by atoms with Crippen LogP contribution in [0.4, 0.5) is 0 Å². The molecule has 0 saturated carbocycles. The zero-order valence-corrected chi connectivity index (χ0v) is 8.22. The molecule has 1 rings (SSSR count). The summed E-state index contributed by atoms with van der Waals surface area (Å²) in [6.07, 6.45) is 0. The van der Waals surface area contributed by atoms with Crippen molar-refractivity contribution in [1.82, 2.24) is 0 Å². The quantitative estimate of drug-likeness (QED) is 0.684. The number of aryl methyl sites for hydroxylation is 2. The van der Waals surface area contributed by atoms with Gasteiger partial charge in [-0.1, -0.05) is 6.07 Å². The number of hydrogen-bond donors (Lipinski definition) is 1. The van der Waals surface area contributed by atoms with E-state index in [2.05, 4.69) is 0 Å². The molecule has 0 aromatic heterocycles. The first kappa shape index (κ1) is 12.1. The van der Waals surface area contributed by atoms with Crippen LogP contribution < -0.4 is 0 Å². The fourth-order valence-corrected chi connectivity index (χ4v) is 1.44. The summed E-state index contributed by atoms with van der Waals surface area (Å²) < 4.78 is 30.0. The minimum Gasteiger partial charge on any atom is -0.412 e. The monoisotopic (exact) mass is 204 g/mol. The maximum Gasteiger partial charge on any atom is 0.294 e. The maximum atomic E-state index is 10.7. The van der Waals surface area contributed by atoms with Gasteiger partial charge in [0.1, 0.15) is 0 Å². The summed E-state index contributed by atoms with van der Waals surface area (Å²) in [6, 6.07) is 4.50. The second kappa shape index (κ2) is 3.87. The average Bonchev–Trinajstić information content (AvgIpc) is 1.92. The minimum atomic E-state index is -4.04. The third kappa shape index (κ3) is 2.80. The predicted molar refractivity (Wildman–Crippen MR) is 49.3 cm³/mol. The van der Waals surface area contributed by atoms with Crippen molar-refractivity contribution < 1.29 is 18.4 Å². The van der Waals surface area contributed by atoms with Crippen LogP contribution in [0.2, 0.25) is 0 Å². The van der Waals surface area contributed by atoms with Crippen molar-refractivity contribution in [2.24, 2.45) is 0 Å². The van der Waals surface area contributed by atoms with Crippen LogP contribution in [-0.4, -0.2) is 18.4 Å². The van der Waals surface area contributed by atoms with Crippen molar-refractivity contribution in [3.05, 3.63) is 29.3 Å². The summed E-state index contributed by atoms with van der Waals surface area (Å²) >= 11 is 0. The summed E-state index contributed by atoms with van der Waals surface area (Å²) in [5.74, 6) is 0. The van der Waals surface area contributed by atoms with E-state index in [0.29, 0.717) is 0 Å². The van der Waals surface area contributed by atoms with E-state index in [-0.39, 0.29) is 10.4 Å². The summed E-state index contributed by atoms with van der Waals surface area (Å²) in [5, 5.41) is 0. The van der Waals surface area contributed by atoms with E-state index in [9.17, 15) is 8.42 Å². The lowest BCUT2D eigenvalue weighted by molar-refractivity contribution is 0.483. The second-order valence-electron chi connectivity index (χ2n) is 2.72. The van der Waals surface area contributed by atoms with Crippen LogP contribution in [0.1, 0.15) is 11.1 Å². The van der Waals surface area contributed by atoms with Gasteiger partial charge in [-0.15, -0.1) is 0 Å². The van der Waals surface area contributed by atoms with E-state index in [1.165, 1.54) is 12.1 Å². The lowest BCUT2D eigenvalue weighted by Crippen LogP contribution is -1.98. The molecule has 0 amide bonds. The van der Waals surface area contributed by atoms with Gasteiger partial charge in [0.25, 0.3) is 10.1 Å². The number of benzene rings is 1. The molecule has 3 N–H and O–H groups in total. The van der Waals surface area contributed by atoms with E-state index in [1.807, 2.05) is 6.92 Å². The molecular formula is C8H12O4S. The van der Waals surface area contributed by atoms with Crippen molar-refractivity contribution in [3.8, 4) is 0 Å². The molecule has 4 nitrogen and oxygen atoms in total. The van der Waals surface area contributed by atoms with Gasteiger partial charge in [-0.05, 0) is 37.1 Å². The smallest absolute Gasteiger partial charge is 0.294 e. The Hall–Kier alpha value is -0.910. The molecule has 0 aliphatic rings. The van der Waals surface area contributed by atoms with Crippen molar-refractivity contribution in [2.45, 2.75) is 18.7 Å². The topological polar surface area (TPSA) is 85.9 Å². The Morgan fingerprint density at radius 2 is 1.69 bits per heavy atom. The van der Waals surface area contributed by atoms with Gasteiger partial charge in [0.05, 0.1) is 4.90 Å². The summed E-state index contributed by atoms with van der Waals surface area (Å²) in [7, 11) is -4.04. The molecule has 0 saturated heterocycles. The molecule has 0 atom stereocenters. The van der Waals surface area contributed by atoms with Crippen LogP contribution in [0.15, 0.2) is 23.1 Å². The Kier molecular flexibility index (Phi) is 3.60. The molecule has 0 spiro atoms. The lowest BCUT2D eigenvalue weighted by atomic mass is 10.1. The van der Waals surface area contributed by atoms with Gasteiger partial charge in [0.2, 0.25) is 0 Å². The number of rotatable bonds is 1. The molecule has 74 valence electrons. The van der Waals surface area contributed by atoms with Crippen molar-refractivity contribution in [3.63, 3.8) is 0 Å². The number of hydrogen-bond acceptors (Lipinski definition) is 2. The fraction of sp³-hybridized carbons (Fsp3) is 0.250. The zero-order valence-electron chi connectivity index (χ0n) is 7.40. The van der Waals surface area contributed by atoms with Gasteiger partial charge >= 0.3 is 0 Å². The predicted octanol–water partition coefficient (Wildman–Crippen LogP) is 0.725. The molecule has 0 aliphatic carbocycles. The third-order valence-electron chi connectivity index (χ3n) is 1.78. The van der Waals surface area contributed by atoms with E-state index in [0.717, 1.165) is 11.1 Å². The Balaban J connectivity index is 0.00000144. The van der Waals surface area contributed by atoms with Crippen molar-refractivity contribution >= 4 is 10.1 Å². The largest absolute Gasteiger partial charge is 0.412 e. The maximum absolute atomic E-state index is 10.7. The summed E-state index contributed by atoms with van der Waals surface area (Å²) in [5.41, 5.74) is 1.85. The van der Waals surface area contributed by atoms with Crippen molar-refractivity contribution in [1.29, 1.82) is 0 Å². The van der Waals surface area contributed by atoms with Crippen LogP contribution in [0.3, 0.4) is 0 Å². The van der Waals surface area contributed by atoms with Gasteiger partial charge in [0, 0.05) is 0 Å².